The highest BCUT2D eigenvalue weighted by molar-refractivity contribution is 5.99. The van der Waals surface area contributed by atoms with E-state index in [0.29, 0.717) is 12.2 Å². The van der Waals surface area contributed by atoms with Crippen molar-refractivity contribution in [3.8, 4) is 5.75 Å². The Kier molecular flexibility index (Phi) is 3.18. The molecule has 1 amide bonds. The van der Waals surface area contributed by atoms with Crippen LogP contribution in [0.1, 0.15) is 16.1 Å². The number of nitrogens with zero attached hydrogens (tertiary/aromatic N) is 2. The molecule has 0 aliphatic rings. The predicted octanol–water partition coefficient (Wildman–Crippen LogP) is 0.638. The Morgan fingerprint density at radius 2 is 2.28 bits per heavy atom. The van der Waals surface area contributed by atoms with Crippen LogP contribution in [0.3, 0.4) is 0 Å². The van der Waals surface area contributed by atoms with Gasteiger partial charge in [-0.2, -0.15) is 5.10 Å². The molecule has 18 heavy (non-hydrogen) atoms. The van der Waals surface area contributed by atoms with E-state index in [1.165, 1.54) is 18.2 Å². The fraction of sp³-hybridized carbons (Fsp3) is 0.167. The van der Waals surface area contributed by atoms with Crippen LogP contribution in [0.25, 0.3) is 0 Å². The molecule has 1 aromatic heterocycles. The van der Waals surface area contributed by atoms with Gasteiger partial charge < -0.3 is 16.2 Å². The first-order valence-electron chi connectivity index (χ1n) is 5.41. The smallest absolute Gasteiger partial charge is 0.253 e. The topological polar surface area (TPSA) is 93.2 Å². The fourth-order valence-electron chi connectivity index (χ4n) is 1.58. The number of aryl methyl sites for hydroxylation is 1. The van der Waals surface area contributed by atoms with Gasteiger partial charge in [0.15, 0.2) is 0 Å². The van der Waals surface area contributed by atoms with E-state index < -0.39 is 0 Å². The van der Waals surface area contributed by atoms with Crippen molar-refractivity contribution in [2.24, 2.45) is 7.05 Å². The molecule has 4 N–H and O–H groups in total. The summed E-state index contributed by atoms with van der Waals surface area (Å²) in [7, 11) is 1.80. The summed E-state index contributed by atoms with van der Waals surface area (Å²) >= 11 is 0. The van der Waals surface area contributed by atoms with Crippen LogP contribution in [-0.2, 0) is 13.6 Å². The number of nitrogens with one attached hydrogen (secondary N) is 1. The summed E-state index contributed by atoms with van der Waals surface area (Å²) in [6, 6.07) is 6.08. The first kappa shape index (κ1) is 12.0. The van der Waals surface area contributed by atoms with Crippen LogP contribution in [0.15, 0.2) is 30.5 Å². The quantitative estimate of drug-likeness (QED) is 0.547. The molecule has 0 radical (unpaired) electrons. The van der Waals surface area contributed by atoms with E-state index >= 15 is 0 Å². The highest BCUT2D eigenvalue weighted by Gasteiger charge is 2.10. The van der Waals surface area contributed by atoms with Gasteiger partial charge in [-0.3, -0.25) is 9.48 Å². The number of amides is 1. The van der Waals surface area contributed by atoms with Gasteiger partial charge in [-0.15, -0.1) is 0 Å². The van der Waals surface area contributed by atoms with Crippen LogP contribution >= 0.6 is 0 Å². The number of benzene rings is 1. The summed E-state index contributed by atoms with van der Waals surface area (Å²) in [4.78, 5) is 11.9. The second-order valence-electron chi connectivity index (χ2n) is 3.90. The van der Waals surface area contributed by atoms with Crippen molar-refractivity contribution in [1.29, 1.82) is 0 Å². The van der Waals surface area contributed by atoms with Crippen molar-refractivity contribution >= 4 is 11.6 Å². The van der Waals surface area contributed by atoms with Gasteiger partial charge in [-0.25, -0.2) is 0 Å². The molecule has 0 aliphatic carbocycles. The van der Waals surface area contributed by atoms with Gasteiger partial charge in [0, 0.05) is 18.9 Å². The number of aromatic hydroxyl groups is 1. The molecule has 0 aliphatic heterocycles. The lowest BCUT2D eigenvalue weighted by Gasteiger charge is -2.08. The van der Waals surface area contributed by atoms with Gasteiger partial charge in [-0.05, 0) is 24.3 Å². The standard InChI is InChI=1S/C12H14N4O2/c1-16-8(4-5-15-16)7-14-12(18)10-6-9(17)2-3-11(10)13/h2-6,17H,7,13H2,1H3,(H,14,18). The van der Waals surface area contributed by atoms with Crippen LogP contribution in [0.2, 0.25) is 0 Å². The highest BCUT2D eigenvalue weighted by atomic mass is 16.3. The van der Waals surface area contributed by atoms with Gasteiger partial charge in [0.1, 0.15) is 5.75 Å². The Morgan fingerprint density at radius 1 is 1.50 bits per heavy atom. The summed E-state index contributed by atoms with van der Waals surface area (Å²) in [5.41, 5.74) is 7.15. The molecule has 6 heteroatoms. The predicted molar refractivity (Wildman–Crippen MR) is 66.9 cm³/mol. The molecule has 2 aromatic rings. The molecule has 0 spiro atoms. The minimum atomic E-state index is -0.329. The van der Waals surface area contributed by atoms with E-state index in [0.717, 1.165) is 5.69 Å². The maximum Gasteiger partial charge on any atom is 0.253 e. The Labute approximate surface area is 104 Å². The Bertz CT molecular complexity index is 577. The van der Waals surface area contributed by atoms with Crippen molar-refractivity contribution < 1.29 is 9.90 Å². The number of anilines is 1. The second kappa shape index (κ2) is 4.79. The number of rotatable bonds is 3. The molecule has 0 unspecified atom stereocenters. The molecule has 94 valence electrons. The van der Waals surface area contributed by atoms with Crippen LogP contribution in [0.5, 0.6) is 5.75 Å². The second-order valence-corrected chi connectivity index (χ2v) is 3.90. The number of carbonyl (C=O) groups is 1. The molecule has 1 heterocycles. The summed E-state index contributed by atoms with van der Waals surface area (Å²) in [6.45, 7) is 0.352. The molecule has 0 saturated carbocycles. The van der Waals surface area contributed by atoms with E-state index in [2.05, 4.69) is 10.4 Å². The third-order valence-electron chi connectivity index (χ3n) is 2.63. The maximum atomic E-state index is 11.9. The number of aromatic nitrogens is 2. The SMILES string of the molecule is Cn1nccc1CNC(=O)c1cc(O)ccc1N. The van der Waals surface area contributed by atoms with Crippen molar-refractivity contribution in [3.63, 3.8) is 0 Å². The number of phenols is 1. The van der Waals surface area contributed by atoms with Gasteiger partial charge in [0.05, 0.1) is 17.8 Å². The van der Waals surface area contributed by atoms with Crippen LogP contribution in [-0.4, -0.2) is 20.8 Å². The number of nitrogen functional groups attached to an aromatic ring is 1. The van der Waals surface area contributed by atoms with Crippen LogP contribution in [0, 0.1) is 0 Å². The average Bonchev–Trinajstić information content (AvgIpc) is 2.75. The van der Waals surface area contributed by atoms with Gasteiger partial charge >= 0.3 is 0 Å². The van der Waals surface area contributed by atoms with Gasteiger partial charge in [-0.1, -0.05) is 0 Å². The van der Waals surface area contributed by atoms with E-state index in [-0.39, 0.29) is 17.2 Å². The van der Waals surface area contributed by atoms with Gasteiger partial charge in [0.25, 0.3) is 5.91 Å². The van der Waals surface area contributed by atoms with E-state index in [1.54, 1.807) is 17.9 Å². The molecular formula is C12H14N4O2. The van der Waals surface area contributed by atoms with Gasteiger partial charge in [0.2, 0.25) is 0 Å². The molecule has 0 saturated heterocycles. The lowest BCUT2D eigenvalue weighted by Crippen LogP contribution is -2.24. The molecular weight excluding hydrogens is 232 g/mol. The summed E-state index contributed by atoms with van der Waals surface area (Å²) < 4.78 is 1.67. The third kappa shape index (κ3) is 2.42. The van der Waals surface area contributed by atoms with E-state index in [1.807, 2.05) is 6.07 Å². The van der Waals surface area contributed by atoms with Crippen molar-refractivity contribution in [3.05, 3.63) is 41.7 Å². The normalized spacial score (nSPS) is 10.3. The lowest BCUT2D eigenvalue weighted by atomic mass is 10.1. The van der Waals surface area contributed by atoms with E-state index in [4.69, 9.17) is 5.73 Å². The van der Waals surface area contributed by atoms with Crippen LogP contribution < -0.4 is 11.1 Å². The van der Waals surface area contributed by atoms with Crippen LogP contribution in [0.4, 0.5) is 5.69 Å². The number of nitrogens with two attached hydrogens (primary N) is 1. The number of carbonyl (C=O) groups excluding carboxylic acids is 1. The fourth-order valence-corrected chi connectivity index (χ4v) is 1.58. The first-order chi connectivity index (χ1) is 8.58. The zero-order chi connectivity index (χ0) is 13.1. The monoisotopic (exact) mass is 246 g/mol. The summed E-state index contributed by atoms with van der Waals surface area (Å²) in [5.74, 6) is -0.320. The Morgan fingerprint density at radius 3 is 2.94 bits per heavy atom. The maximum absolute atomic E-state index is 11.9. The molecule has 0 fully saturated rings. The number of hydrogen-bond donors (Lipinski definition) is 3. The molecule has 0 bridgehead atoms. The number of phenolic OH excluding ortho intramolecular Hbond substituents is 1. The number of hydrogen-bond acceptors (Lipinski definition) is 4. The minimum Gasteiger partial charge on any atom is -0.508 e. The average molecular weight is 246 g/mol. The third-order valence-corrected chi connectivity index (χ3v) is 2.63. The minimum absolute atomic E-state index is 0.00915. The first-order valence-corrected chi connectivity index (χ1v) is 5.41. The van der Waals surface area contributed by atoms with Crippen molar-refractivity contribution in [2.75, 3.05) is 5.73 Å². The van der Waals surface area contributed by atoms with E-state index in [9.17, 15) is 9.90 Å². The molecule has 1 aromatic carbocycles. The molecule has 0 atom stereocenters. The summed E-state index contributed by atoms with van der Waals surface area (Å²) in [5, 5.41) is 16.1. The zero-order valence-corrected chi connectivity index (χ0v) is 9.92. The zero-order valence-electron chi connectivity index (χ0n) is 9.92. The lowest BCUT2D eigenvalue weighted by molar-refractivity contribution is 0.0950. The Hall–Kier alpha value is -2.50. The van der Waals surface area contributed by atoms with Crippen molar-refractivity contribution in [2.45, 2.75) is 6.54 Å². The summed E-state index contributed by atoms with van der Waals surface area (Å²) in [6.07, 6.45) is 1.66. The molecule has 6 nitrogen and oxygen atoms in total. The molecule has 2 rings (SSSR count). The van der Waals surface area contributed by atoms with Crippen molar-refractivity contribution in [1.82, 2.24) is 15.1 Å². The largest absolute Gasteiger partial charge is 0.508 e. The highest BCUT2D eigenvalue weighted by Crippen LogP contribution is 2.18. The Balaban J connectivity index is 2.08.